The van der Waals surface area contributed by atoms with Crippen molar-refractivity contribution in [2.45, 2.75) is 52.9 Å². The second kappa shape index (κ2) is 8.68. The van der Waals surface area contributed by atoms with Gasteiger partial charge in [0.05, 0.1) is 5.41 Å². The summed E-state index contributed by atoms with van der Waals surface area (Å²) in [4.78, 5) is 12.5. The molecule has 0 spiro atoms. The van der Waals surface area contributed by atoms with Crippen molar-refractivity contribution in [3.63, 3.8) is 0 Å². The zero-order chi connectivity index (χ0) is 17.4. The van der Waals surface area contributed by atoms with Gasteiger partial charge in [0.1, 0.15) is 5.75 Å². The van der Waals surface area contributed by atoms with Gasteiger partial charge in [-0.2, -0.15) is 0 Å². The average molecular weight is 324 g/mol. The largest absolute Gasteiger partial charge is 0.426 e. The minimum Gasteiger partial charge on any atom is -0.426 e. The lowest BCUT2D eigenvalue weighted by molar-refractivity contribution is -0.145. The molecule has 1 unspecified atom stereocenters. The summed E-state index contributed by atoms with van der Waals surface area (Å²) >= 11 is 0. The molecule has 0 aliphatic heterocycles. The van der Waals surface area contributed by atoms with Gasteiger partial charge in [-0.1, -0.05) is 69.2 Å². The van der Waals surface area contributed by atoms with E-state index in [1.54, 1.807) is 0 Å². The van der Waals surface area contributed by atoms with Crippen molar-refractivity contribution in [1.29, 1.82) is 0 Å². The lowest BCUT2D eigenvalue weighted by atomic mass is 9.82. The van der Waals surface area contributed by atoms with E-state index in [1.165, 1.54) is 11.1 Å². The van der Waals surface area contributed by atoms with Crippen LogP contribution >= 0.6 is 0 Å². The van der Waals surface area contributed by atoms with Crippen LogP contribution in [-0.2, 0) is 11.2 Å². The summed E-state index contributed by atoms with van der Waals surface area (Å²) in [6.45, 7) is 6.21. The molecule has 0 heterocycles. The monoisotopic (exact) mass is 324 g/mol. The minimum absolute atomic E-state index is 0.116. The van der Waals surface area contributed by atoms with Gasteiger partial charge in [0, 0.05) is 0 Å². The van der Waals surface area contributed by atoms with E-state index in [2.05, 4.69) is 26.0 Å². The Morgan fingerprint density at radius 2 is 1.58 bits per heavy atom. The molecule has 1 atom stereocenters. The maximum Gasteiger partial charge on any atom is 0.317 e. The first kappa shape index (κ1) is 18.3. The molecule has 128 valence electrons. The fraction of sp³-hybridized carbons (Fsp3) is 0.409. The summed E-state index contributed by atoms with van der Waals surface area (Å²) in [5.74, 6) is 0.516. The van der Waals surface area contributed by atoms with Crippen molar-refractivity contribution in [1.82, 2.24) is 0 Å². The Hall–Kier alpha value is -2.09. The highest BCUT2D eigenvalue weighted by atomic mass is 16.5. The SMILES string of the molecule is CCCCC(C)(CC)C(=O)Oc1ccc(Cc2ccccc2)cc1. The normalized spacial score (nSPS) is 13.3. The number of ether oxygens (including phenoxy) is 1. The smallest absolute Gasteiger partial charge is 0.317 e. The summed E-state index contributed by atoms with van der Waals surface area (Å²) in [7, 11) is 0. The van der Waals surface area contributed by atoms with Gasteiger partial charge in [0.2, 0.25) is 0 Å². The Morgan fingerprint density at radius 3 is 2.17 bits per heavy atom. The van der Waals surface area contributed by atoms with Gasteiger partial charge in [-0.05, 0) is 49.4 Å². The highest BCUT2D eigenvalue weighted by Crippen LogP contribution is 2.30. The summed E-state index contributed by atoms with van der Waals surface area (Å²) in [5.41, 5.74) is 2.10. The van der Waals surface area contributed by atoms with Gasteiger partial charge < -0.3 is 4.74 Å². The molecule has 2 aromatic rings. The van der Waals surface area contributed by atoms with Crippen molar-refractivity contribution >= 4 is 5.97 Å². The van der Waals surface area contributed by atoms with E-state index < -0.39 is 5.41 Å². The van der Waals surface area contributed by atoms with Crippen LogP contribution in [-0.4, -0.2) is 5.97 Å². The quantitative estimate of drug-likeness (QED) is 0.454. The van der Waals surface area contributed by atoms with E-state index in [1.807, 2.05) is 49.4 Å². The molecule has 2 nitrogen and oxygen atoms in total. The molecule has 2 heteroatoms. The van der Waals surface area contributed by atoms with Gasteiger partial charge in [0.25, 0.3) is 0 Å². The fourth-order valence-electron chi connectivity index (χ4n) is 2.73. The third-order valence-corrected chi connectivity index (χ3v) is 4.74. The van der Waals surface area contributed by atoms with Crippen molar-refractivity contribution in [2.75, 3.05) is 0 Å². The van der Waals surface area contributed by atoms with Crippen LogP contribution in [0, 0.1) is 5.41 Å². The molecular formula is C22H28O2. The predicted molar refractivity (Wildman–Crippen MR) is 99.2 cm³/mol. The summed E-state index contributed by atoms with van der Waals surface area (Å²) in [6.07, 6.45) is 4.72. The van der Waals surface area contributed by atoms with E-state index in [0.29, 0.717) is 5.75 Å². The van der Waals surface area contributed by atoms with Crippen LogP contribution in [0.4, 0.5) is 0 Å². The Labute approximate surface area is 145 Å². The second-order valence-corrected chi connectivity index (χ2v) is 6.71. The van der Waals surface area contributed by atoms with Gasteiger partial charge >= 0.3 is 5.97 Å². The second-order valence-electron chi connectivity index (χ2n) is 6.71. The number of hydrogen-bond acceptors (Lipinski definition) is 2. The Bertz CT molecular complexity index is 631. The fourth-order valence-corrected chi connectivity index (χ4v) is 2.73. The average Bonchev–Trinajstić information content (AvgIpc) is 2.62. The minimum atomic E-state index is -0.390. The maximum absolute atomic E-state index is 12.5. The van der Waals surface area contributed by atoms with E-state index in [4.69, 9.17) is 4.74 Å². The molecule has 0 bridgehead atoms. The Morgan fingerprint density at radius 1 is 0.958 bits per heavy atom. The van der Waals surface area contributed by atoms with Crippen LogP contribution in [0.15, 0.2) is 54.6 Å². The van der Waals surface area contributed by atoms with Crippen LogP contribution in [0.25, 0.3) is 0 Å². The number of esters is 1. The molecule has 0 radical (unpaired) electrons. The zero-order valence-electron chi connectivity index (χ0n) is 15.0. The number of carbonyl (C=O) groups excluding carboxylic acids is 1. The Kier molecular flexibility index (Phi) is 6.60. The maximum atomic E-state index is 12.5. The number of unbranched alkanes of at least 4 members (excludes halogenated alkanes) is 1. The highest BCUT2D eigenvalue weighted by molar-refractivity contribution is 5.78. The van der Waals surface area contributed by atoms with E-state index in [0.717, 1.165) is 32.1 Å². The molecule has 2 aromatic carbocycles. The summed E-state index contributed by atoms with van der Waals surface area (Å²) in [5, 5.41) is 0. The lowest BCUT2D eigenvalue weighted by Crippen LogP contribution is -2.31. The Balaban J connectivity index is 1.99. The van der Waals surface area contributed by atoms with Crippen LogP contribution in [0.3, 0.4) is 0 Å². The van der Waals surface area contributed by atoms with Crippen LogP contribution < -0.4 is 4.74 Å². The van der Waals surface area contributed by atoms with Crippen molar-refractivity contribution in [3.8, 4) is 5.75 Å². The highest BCUT2D eigenvalue weighted by Gasteiger charge is 2.32. The molecule has 0 saturated heterocycles. The summed E-state index contributed by atoms with van der Waals surface area (Å²) in [6, 6.07) is 18.2. The number of rotatable bonds is 8. The third kappa shape index (κ3) is 4.95. The van der Waals surface area contributed by atoms with Gasteiger partial charge in [-0.15, -0.1) is 0 Å². The molecular weight excluding hydrogens is 296 g/mol. The van der Waals surface area contributed by atoms with Crippen LogP contribution in [0.1, 0.15) is 57.6 Å². The van der Waals surface area contributed by atoms with E-state index in [-0.39, 0.29) is 5.97 Å². The topological polar surface area (TPSA) is 26.3 Å². The molecule has 0 amide bonds. The molecule has 0 fully saturated rings. The molecule has 24 heavy (non-hydrogen) atoms. The number of hydrogen-bond donors (Lipinski definition) is 0. The van der Waals surface area contributed by atoms with Gasteiger partial charge in [0.15, 0.2) is 0 Å². The van der Waals surface area contributed by atoms with Gasteiger partial charge in [-0.25, -0.2) is 0 Å². The van der Waals surface area contributed by atoms with Crippen LogP contribution in [0.2, 0.25) is 0 Å². The molecule has 0 aliphatic rings. The first-order valence-corrected chi connectivity index (χ1v) is 8.92. The molecule has 2 rings (SSSR count). The molecule has 0 saturated carbocycles. The van der Waals surface area contributed by atoms with Crippen molar-refractivity contribution < 1.29 is 9.53 Å². The lowest BCUT2D eigenvalue weighted by Gasteiger charge is -2.25. The van der Waals surface area contributed by atoms with Gasteiger partial charge in [-0.3, -0.25) is 4.79 Å². The van der Waals surface area contributed by atoms with E-state index >= 15 is 0 Å². The molecule has 0 N–H and O–H groups in total. The van der Waals surface area contributed by atoms with Crippen molar-refractivity contribution in [3.05, 3.63) is 65.7 Å². The first-order valence-electron chi connectivity index (χ1n) is 8.92. The number of benzene rings is 2. The summed E-state index contributed by atoms with van der Waals surface area (Å²) < 4.78 is 5.63. The van der Waals surface area contributed by atoms with Crippen molar-refractivity contribution in [2.24, 2.45) is 5.41 Å². The van der Waals surface area contributed by atoms with E-state index in [9.17, 15) is 4.79 Å². The standard InChI is InChI=1S/C22H28O2/c1-4-6-16-22(3,5-2)21(23)24-20-14-12-19(13-15-20)17-18-10-8-7-9-11-18/h7-15H,4-6,16-17H2,1-3H3. The third-order valence-electron chi connectivity index (χ3n) is 4.74. The molecule has 0 aliphatic carbocycles. The first-order chi connectivity index (χ1) is 11.6. The predicted octanol–water partition coefficient (Wildman–Crippen LogP) is 5.79. The number of carbonyl (C=O) groups is 1. The zero-order valence-corrected chi connectivity index (χ0v) is 15.0. The van der Waals surface area contributed by atoms with Crippen LogP contribution in [0.5, 0.6) is 5.75 Å². The molecule has 0 aromatic heterocycles.